The van der Waals surface area contributed by atoms with Gasteiger partial charge in [0.05, 0.1) is 0 Å². The first kappa shape index (κ1) is 20.1. The van der Waals surface area contributed by atoms with E-state index in [2.05, 4.69) is 43.7 Å². The van der Waals surface area contributed by atoms with Gasteiger partial charge in [-0.05, 0) is 50.5 Å². The highest BCUT2D eigenvalue weighted by Gasteiger charge is 2.20. The van der Waals surface area contributed by atoms with Crippen LogP contribution in [0.1, 0.15) is 32.0 Å². The minimum atomic E-state index is 0.434. The average molecular weight is 407 g/mol. The third kappa shape index (κ3) is 5.06. The van der Waals surface area contributed by atoms with Gasteiger partial charge in [0, 0.05) is 51.0 Å². The van der Waals surface area contributed by atoms with Crippen molar-refractivity contribution in [2.45, 2.75) is 38.6 Å². The van der Waals surface area contributed by atoms with Crippen LogP contribution in [-0.4, -0.2) is 57.8 Å². The summed E-state index contributed by atoms with van der Waals surface area (Å²) in [5, 5.41) is 15.5. The van der Waals surface area contributed by atoms with Crippen molar-refractivity contribution in [3.05, 3.63) is 54.6 Å². The van der Waals surface area contributed by atoms with Gasteiger partial charge >= 0.3 is 0 Å². The number of hydrogen-bond acceptors (Lipinski definition) is 5. The molecule has 3 aromatic heterocycles. The quantitative estimate of drug-likeness (QED) is 0.356. The molecule has 0 atom stereocenters. The molecule has 1 aliphatic rings. The van der Waals surface area contributed by atoms with E-state index in [-0.39, 0.29) is 0 Å². The molecule has 1 aliphatic heterocycles. The Morgan fingerprint density at radius 3 is 2.80 bits per heavy atom. The van der Waals surface area contributed by atoms with E-state index in [4.69, 9.17) is 4.99 Å². The smallest absolute Gasteiger partial charge is 0.191 e. The maximum atomic E-state index is 4.78. The van der Waals surface area contributed by atoms with Crippen molar-refractivity contribution in [3.8, 4) is 0 Å². The van der Waals surface area contributed by atoms with Crippen molar-refractivity contribution in [2.75, 3.05) is 31.1 Å². The second kappa shape index (κ2) is 10.0. The fourth-order valence-corrected chi connectivity index (χ4v) is 3.80. The Labute approximate surface area is 177 Å². The van der Waals surface area contributed by atoms with Crippen LogP contribution >= 0.6 is 0 Å². The van der Waals surface area contributed by atoms with E-state index in [1.54, 1.807) is 0 Å². The number of nitrogens with one attached hydrogen (secondary N) is 2. The fourth-order valence-electron chi connectivity index (χ4n) is 3.80. The zero-order valence-electron chi connectivity index (χ0n) is 17.5. The van der Waals surface area contributed by atoms with E-state index in [0.717, 1.165) is 75.1 Å². The molecule has 0 aromatic carbocycles. The number of pyridine rings is 2. The van der Waals surface area contributed by atoms with Crippen LogP contribution in [0.5, 0.6) is 0 Å². The van der Waals surface area contributed by atoms with Gasteiger partial charge in [0.25, 0.3) is 0 Å². The number of hydrogen-bond donors (Lipinski definition) is 2. The van der Waals surface area contributed by atoms with Crippen molar-refractivity contribution >= 4 is 17.4 Å². The van der Waals surface area contributed by atoms with E-state index in [0.29, 0.717) is 6.04 Å². The van der Waals surface area contributed by atoms with Crippen molar-refractivity contribution in [2.24, 2.45) is 4.99 Å². The van der Waals surface area contributed by atoms with Crippen LogP contribution in [0.25, 0.3) is 5.65 Å². The summed E-state index contributed by atoms with van der Waals surface area (Å²) in [7, 11) is 0. The molecule has 0 saturated carbocycles. The predicted molar refractivity (Wildman–Crippen MR) is 120 cm³/mol. The summed E-state index contributed by atoms with van der Waals surface area (Å²) in [5.74, 6) is 2.96. The largest absolute Gasteiger partial charge is 0.357 e. The second-order valence-electron chi connectivity index (χ2n) is 7.50. The number of guanidine groups is 1. The highest BCUT2D eigenvalue weighted by molar-refractivity contribution is 5.80. The maximum Gasteiger partial charge on any atom is 0.191 e. The zero-order chi connectivity index (χ0) is 20.6. The highest BCUT2D eigenvalue weighted by atomic mass is 15.2. The molecule has 0 spiro atoms. The Morgan fingerprint density at radius 1 is 1.13 bits per heavy atom. The molecule has 0 aliphatic carbocycles. The van der Waals surface area contributed by atoms with Gasteiger partial charge < -0.3 is 15.5 Å². The van der Waals surface area contributed by atoms with Crippen LogP contribution < -0.4 is 15.5 Å². The number of anilines is 1. The normalized spacial score (nSPS) is 15.5. The Balaban J connectivity index is 1.26. The first-order valence-electron chi connectivity index (χ1n) is 10.8. The SMILES string of the molecule is CCNC(=NCCCc1nnc2ccccn12)NC1CCN(c2ccccn2)CC1. The highest BCUT2D eigenvalue weighted by Crippen LogP contribution is 2.17. The molecule has 30 heavy (non-hydrogen) atoms. The van der Waals surface area contributed by atoms with Gasteiger partial charge in [-0.15, -0.1) is 10.2 Å². The lowest BCUT2D eigenvalue weighted by Gasteiger charge is -2.33. The topological polar surface area (TPSA) is 82.7 Å². The molecular weight excluding hydrogens is 376 g/mol. The van der Waals surface area contributed by atoms with E-state index < -0.39 is 0 Å². The number of aromatic nitrogens is 4. The molecule has 2 N–H and O–H groups in total. The van der Waals surface area contributed by atoms with Gasteiger partial charge in [-0.3, -0.25) is 9.39 Å². The van der Waals surface area contributed by atoms with Crippen LogP contribution in [0, 0.1) is 0 Å². The van der Waals surface area contributed by atoms with Gasteiger partial charge in [0.2, 0.25) is 0 Å². The molecule has 3 aromatic rings. The van der Waals surface area contributed by atoms with E-state index in [1.807, 2.05) is 47.1 Å². The number of aliphatic imine (C=N–C) groups is 1. The molecule has 0 bridgehead atoms. The average Bonchev–Trinajstić information content (AvgIpc) is 3.21. The monoisotopic (exact) mass is 406 g/mol. The minimum absolute atomic E-state index is 0.434. The summed E-state index contributed by atoms with van der Waals surface area (Å²) in [6.45, 7) is 5.72. The summed E-state index contributed by atoms with van der Waals surface area (Å²) >= 11 is 0. The van der Waals surface area contributed by atoms with Crippen LogP contribution in [0.4, 0.5) is 5.82 Å². The summed E-state index contributed by atoms with van der Waals surface area (Å²) in [4.78, 5) is 11.6. The number of rotatable bonds is 7. The Bertz CT molecular complexity index is 944. The number of fused-ring (bicyclic) bond motifs is 1. The second-order valence-corrected chi connectivity index (χ2v) is 7.50. The molecule has 8 nitrogen and oxygen atoms in total. The third-order valence-corrected chi connectivity index (χ3v) is 5.37. The van der Waals surface area contributed by atoms with Crippen LogP contribution in [0.3, 0.4) is 0 Å². The van der Waals surface area contributed by atoms with Crippen LogP contribution in [0.2, 0.25) is 0 Å². The summed E-state index contributed by atoms with van der Waals surface area (Å²) in [6, 6.07) is 12.5. The predicted octanol–water partition coefficient (Wildman–Crippen LogP) is 2.28. The molecule has 4 rings (SSSR count). The van der Waals surface area contributed by atoms with E-state index in [1.165, 1.54) is 0 Å². The molecule has 0 radical (unpaired) electrons. The van der Waals surface area contributed by atoms with Gasteiger partial charge in [-0.25, -0.2) is 4.98 Å². The first-order chi connectivity index (χ1) is 14.8. The molecule has 8 heteroatoms. The Morgan fingerprint density at radius 2 is 2.00 bits per heavy atom. The number of aryl methyl sites for hydroxylation is 1. The van der Waals surface area contributed by atoms with E-state index >= 15 is 0 Å². The molecule has 0 unspecified atom stereocenters. The van der Waals surface area contributed by atoms with Crippen molar-refractivity contribution < 1.29 is 0 Å². The molecule has 0 amide bonds. The van der Waals surface area contributed by atoms with Crippen molar-refractivity contribution in [1.29, 1.82) is 0 Å². The van der Waals surface area contributed by atoms with Crippen molar-refractivity contribution in [3.63, 3.8) is 0 Å². The van der Waals surface area contributed by atoms with Gasteiger partial charge in [-0.2, -0.15) is 0 Å². The minimum Gasteiger partial charge on any atom is -0.357 e. The third-order valence-electron chi connectivity index (χ3n) is 5.37. The summed E-state index contributed by atoms with van der Waals surface area (Å²) in [5.41, 5.74) is 0.892. The fraction of sp³-hybridized carbons (Fsp3) is 0.455. The number of nitrogens with zero attached hydrogens (tertiary/aromatic N) is 6. The standard InChI is InChI=1S/C22H30N8/c1-2-23-22(25-14-7-10-21-28-27-20-9-4-6-15-30(20)21)26-18-11-16-29(17-12-18)19-8-3-5-13-24-19/h3-6,8-9,13,15,18H,2,7,10-12,14,16-17H2,1H3,(H2,23,25,26). The molecular formula is C22H30N8. The van der Waals surface area contributed by atoms with Gasteiger partial charge in [-0.1, -0.05) is 12.1 Å². The number of piperidine rings is 1. The van der Waals surface area contributed by atoms with Crippen LogP contribution in [0.15, 0.2) is 53.8 Å². The summed E-state index contributed by atoms with van der Waals surface area (Å²) in [6.07, 6.45) is 7.81. The summed E-state index contributed by atoms with van der Waals surface area (Å²) < 4.78 is 2.04. The lowest BCUT2D eigenvalue weighted by Crippen LogP contribution is -2.49. The molecule has 4 heterocycles. The molecule has 158 valence electrons. The molecule has 1 saturated heterocycles. The zero-order valence-corrected chi connectivity index (χ0v) is 17.5. The van der Waals surface area contributed by atoms with Crippen molar-refractivity contribution in [1.82, 2.24) is 30.2 Å². The maximum absolute atomic E-state index is 4.78. The lowest BCUT2D eigenvalue weighted by molar-refractivity contribution is 0.459. The first-order valence-corrected chi connectivity index (χ1v) is 10.8. The Hall–Kier alpha value is -3.16. The van der Waals surface area contributed by atoms with Crippen LogP contribution in [-0.2, 0) is 6.42 Å². The lowest BCUT2D eigenvalue weighted by atomic mass is 10.1. The molecule has 1 fully saturated rings. The van der Waals surface area contributed by atoms with E-state index in [9.17, 15) is 0 Å². The Kier molecular flexibility index (Phi) is 6.74. The van der Waals surface area contributed by atoms with Gasteiger partial charge in [0.15, 0.2) is 11.6 Å². The van der Waals surface area contributed by atoms with Gasteiger partial charge in [0.1, 0.15) is 11.6 Å².